The van der Waals surface area contributed by atoms with Crippen molar-refractivity contribution in [3.05, 3.63) is 16.1 Å². The standard InChI is InChI=1S/C12H20N2O2S/c1-9-13-6-10(17-9)7-14(5)11(15)8-16-12(2,3)4/h6H,7-8H2,1-5H3. The summed E-state index contributed by atoms with van der Waals surface area (Å²) in [7, 11) is 1.78. The fourth-order valence-corrected chi connectivity index (χ4v) is 2.04. The second kappa shape index (κ2) is 5.60. The molecule has 0 saturated carbocycles. The number of amides is 1. The molecule has 0 saturated heterocycles. The molecule has 0 unspecified atom stereocenters. The van der Waals surface area contributed by atoms with E-state index in [1.807, 2.05) is 33.9 Å². The van der Waals surface area contributed by atoms with E-state index in [1.165, 1.54) is 0 Å². The van der Waals surface area contributed by atoms with E-state index in [2.05, 4.69) is 4.98 Å². The largest absolute Gasteiger partial charge is 0.366 e. The third kappa shape index (κ3) is 5.28. The van der Waals surface area contributed by atoms with E-state index in [0.717, 1.165) is 9.88 Å². The molecule has 0 spiro atoms. The Bertz CT molecular complexity index is 382. The molecule has 0 aliphatic heterocycles. The second-order valence-corrected chi connectivity index (χ2v) is 6.32. The lowest BCUT2D eigenvalue weighted by molar-refractivity contribution is -0.140. The van der Waals surface area contributed by atoms with Crippen LogP contribution in [0.25, 0.3) is 0 Å². The van der Waals surface area contributed by atoms with Crippen LogP contribution in [-0.4, -0.2) is 35.0 Å². The highest BCUT2D eigenvalue weighted by Gasteiger charge is 2.16. The van der Waals surface area contributed by atoms with Crippen LogP contribution in [0.4, 0.5) is 0 Å². The fourth-order valence-electron chi connectivity index (χ4n) is 1.19. The van der Waals surface area contributed by atoms with Crippen LogP contribution in [-0.2, 0) is 16.1 Å². The first-order valence-electron chi connectivity index (χ1n) is 5.57. The van der Waals surface area contributed by atoms with Crippen LogP contribution in [0, 0.1) is 6.92 Å². The molecule has 1 aromatic heterocycles. The van der Waals surface area contributed by atoms with Gasteiger partial charge in [0.15, 0.2) is 0 Å². The minimum absolute atomic E-state index is 0.00835. The van der Waals surface area contributed by atoms with Gasteiger partial charge in [-0.1, -0.05) is 0 Å². The van der Waals surface area contributed by atoms with E-state index in [9.17, 15) is 4.79 Å². The summed E-state index contributed by atoms with van der Waals surface area (Å²) in [6.07, 6.45) is 1.81. The normalized spacial score (nSPS) is 11.6. The molecule has 1 rings (SSSR count). The first-order chi connectivity index (χ1) is 7.78. The maximum Gasteiger partial charge on any atom is 0.248 e. The molecule has 0 aromatic carbocycles. The van der Waals surface area contributed by atoms with Crippen molar-refractivity contribution < 1.29 is 9.53 Å². The van der Waals surface area contributed by atoms with Gasteiger partial charge in [-0.2, -0.15) is 0 Å². The monoisotopic (exact) mass is 256 g/mol. The van der Waals surface area contributed by atoms with E-state index in [-0.39, 0.29) is 18.1 Å². The molecule has 0 atom stereocenters. The lowest BCUT2D eigenvalue weighted by Crippen LogP contribution is -2.33. The summed E-state index contributed by atoms with van der Waals surface area (Å²) < 4.78 is 5.45. The SMILES string of the molecule is Cc1ncc(CN(C)C(=O)COC(C)(C)C)s1. The molecule has 4 nitrogen and oxygen atoms in total. The maximum absolute atomic E-state index is 11.8. The van der Waals surface area contributed by atoms with Gasteiger partial charge >= 0.3 is 0 Å². The number of thiazole rings is 1. The van der Waals surface area contributed by atoms with Crippen LogP contribution in [0.3, 0.4) is 0 Å². The van der Waals surface area contributed by atoms with Crippen LogP contribution >= 0.6 is 11.3 Å². The van der Waals surface area contributed by atoms with Crippen molar-refractivity contribution in [2.75, 3.05) is 13.7 Å². The van der Waals surface area contributed by atoms with E-state index in [1.54, 1.807) is 23.3 Å². The zero-order chi connectivity index (χ0) is 13.1. The van der Waals surface area contributed by atoms with Gasteiger partial charge in [0, 0.05) is 18.1 Å². The van der Waals surface area contributed by atoms with Crippen molar-refractivity contribution in [2.24, 2.45) is 0 Å². The molecule has 5 heteroatoms. The number of likely N-dealkylation sites (N-methyl/N-ethyl adjacent to an activating group) is 1. The Morgan fingerprint density at radius 1 is 1.53 bits per heavy atom. The van der Waals surface area contributed by atoms with Crippen LogP contribution in [0.15, 0.2) is 6.20 Å². The Hall–Kier alpha value is -0.940. The molecular weight excluding hydrogens is 236 g/mol. The summed E-state index contributed by atoms with van der Waals surface area (Å²) in [4.78, 5) is 18.7. The highest BCUT2D eigenvalue weighted by molar-refractivity contribution is 7.11. The second-order valence-electron chi connectivity index (χ2n) is 5.00. The van der Waals surface area contributed by atoms with Crippen molar-refractivity contribution in [1.29, 1.82) is 0 Å². The molecule has 0 radical (unpaired) electrons. The first-order valence-corrected chi connectivity index (χ1v) is 6.39. The molecule has 0 fully saturated rings. The molecule has 0 bridgehead atoms. The van der Waals surface area contributed by atoms with Crippen LogP contribution < -0.4 is 0 Å². The van der Waals surface area contributed by atoms with Gasteiger partial charge in [0.1, 0.15) is 6.61 Å². The van der Waals surface area contributed by atoms with E-state index in [0.29, 0.717) is 6.54 Å². The predicted molar refractivity (Wildman–Crippen MR) is 69.0 cm³/mol. The van der Waals surface area contributed by atoms with Crippen molar-refractivity contribution in [2.45, 2.75) is 39.8 Å². The minimum atomic E-state index is -0.280. The average Bonchev–Trinajstić information content (AvgIpc) is 2.59. The Labute approximate surface area is 107 Å². The third-order valence-corrected chi connectivity index (χ3v) is 3.01. The fraction of sp³-hybridized carbons (Fsp3) is 0.667. The van der Waals surface area contributed by atoms with Crippen molar-refractivity contribution in [3.63, 3.8) is 0 Å². The molecule has 0 aliphatic rings. The molecule has 17 heavy (non-hydrogen) atoms. The summed E-state index contributed by atoms with van der Waals surface area (Å²) in [5.41, 5.74) is -0.280. The van der Waals surface area contributed by atoms with Gasteiger partial charge in [-0.05, 0) is 27.7 Å². The summed E-state index contributed by atoms with van der Waals surface area (Å²) in [5, 5.41) is 1.02. The molecular formula is C12H20N2O2S. The Morgan fingerprint density at radius 3 is 2.65 bits per heavy atom. The van der Waals surface area contributed by atoms with Crippen molar-refractivity contribution in [1.82, 2.24) is 9.88 Å². The van der Waals surface area contributed by atoms with E-state index < -0.39 is 0 Å². The Kier molecular flexibility index (Phi) is 4.65. The summed E-state index contributed by atoms with van der Waals surface area (Å²) in [6, 6.07) is 0. The zero-order valence-electron chi connectivity index (χ0n) is 11.1. The molecule has 0 aliphatic carbocycles. The summed E-state index contributed by atoms with van der Waals surface area (Å²) >= 11 is 1.61. The summed E-state index contributed by atoms with van der Waals surface area (Å²) in [5.74, 6) is -0.00835. The Morgan fingerprint density at radius 2 is 2.18 bits per heavy atom. The lowest BCUT2D eigenvalue weighted by atomic mass is 10.2. The molecule has 96 valence electrons. The van der Waals surface area contributed by atoms with Gasteiger partial charge in [-0.25, -0.2) is 4.98 Å². The van der Waals surface area contributed by atoms with E-state index in [4.69, 9.17) is 4.74 Å². The number of hydrogen-bond donors (Lipinski definition) is 0. The van der Waals surface area contributed by atoms with Gasteiger partial charge in [0.25, 0.3) is 0 Å². The van der Waals surface area contributed by atoms with Gasteiger partial charge in [-0.15, -0.1) is 11.3 Å². The van der Waals surface area contributed by atoms with Gasteiger partial charge in [-0.3, -0.25) is 4.79 Å². The highest BCUT2D eigenvalue weighted by Crippen LogP contribution is 2.14. The number of carbonyl (C=O) groups is 1. The number of rotatable bonds is 4. The number of aromatic nitrogens is 1. The van der Waals surface area contributed by atoms with Crippen LogP contribution in [0.1, 0.15) is 30.7 Å². The van der Waals surface area contributed by atoms with Crippen molar-refractivity contribution >= 4 is 17.2 Å². The average molecular weight is 256 g/mol. The molecule has 1 amide bonds. The van der Waals surface area contributed by atoms with Crippen LogP contribution in [0.5, 0.6) is 0 Å². The van der Waals surface area contributed by atoms with Gasteiger partial charge in [0.05, 0.1) is 17.2 Å². The minimum Gasteiger partial charge on any atom is -0.366 e. The zero-order valence-corrected chi connectivity index (χ0v) is 11.9. The van der Waals surface area contributed by atoms with E-state index >= 15 is 0 Å². The molecule has 1 heterocycles. The number of nitrogens with zero attached hydrogens (tertiary/aromatic N) is 2. The highest BCUT2D eigenvalue weighted by atomic mass is 32.1. The number of aryl methyl sites for hydroxylation is 1. The summed E-state index contributed by atoms with van der Waals surface area (Å²) in [6.45, 7) is 8.49. The number of carbonyl (C=O) groups excluding carboxylic acids is 1. The van der Waals surface area contributed by atoms with Gasteiger partial charge in [0.2, 0.25) is 5.91 Å². The number of ether oxygens (including phenoxy) is 1. The third-order valence-electron chi connectivity index (χ3n) is 2.12. The van der Waals surface area contributed by atoms with Gasteiger partial charge < -0.3 is 9.64 Å². The molecule has 0 N–H and O–H groups in total. The van der Waals surface area contributed by atoms with Crippen molar-refractivity contribution in [3.8, 4) is 0 Å². The first kappa shape index (κ1) is 14.1. The Balaban J connectivity index is 2.42. The molecule has 1 aromatic rings. The lowest BCUT2D eigenvalue weighted by Gasteiger charge is -2.22. The number of hydrogen-bond acceptors (Lipinski definition) is 4. The quantitative estimate of drug-likeness (QED) is 0.829. The predicted octanol–water partition coefficient (Wildman–Crippen LogP) is 2.23. The topological polar surface area (TPSA) is 42.4 Å². The van der Waals surface area contributed by atoms with Crippen LogP contribution in [0.2, 0.25) is 0 Å². The smallest absolute Gasteiger partial charge is 0.248 e. The maximum atomic E-state index is 11.8.